The van der Waals surface area contributed by atoms with E-state index in [2.05, 4.69) is 41.3 Å². The molecule has 26 heavy (non-hydrogen) atoms. The second kappa shape index (κ2) is 7.81. The predicted molar refractivity (Wildman–Crippen MR) is 104 cm³/mol. The number of ether oxygens (including phenoxy) is 1. The highest BCUT2D eigenvalue weighted by molar-refractivity contribution is 5.78. The predicted octanol–water partition coefficient (Wildman–Crippen LogP) is 3.29. The summed E-state index contributed by atoms with van der Waals surface area (Å²) in [5, 5.41) is 0. The van der Waals surface area contributed by atoms with Crippen molar-refractivity contribution in [3.05, 3.63) is 59.7 Å². The molecule has 1 aliphatic carbocycles. The first-order valence-corrected chi connectivity index (χ1v) is 9.62. The lowest BCUT2D eigenvalue weighted by molar-refractivity contribution is -0.133. The summed E-state index contributed by atoms with van der Waals surface area (Å²) in [4.78, 5) is 16.7. The van der Waals surface area contributed by atoms with Gasteiger partial charge in [-0.1, -0.05) is 24.3 Å². The third kappa shape index (κ3) is 3.85. The average molecular weight is 350 g/mol. The highest BCUT2D eigenvalue weighted by Gasteiger charge is 2.21. The van der Waals surface area contributed by atoms with Gasteiger partial charge in [-0.25, -0.2) is 0 Å². The molecular weight excluding hydrogens is 324 g/mol. The second-order valence-corrected chi connectivity index (χ2v) is 7.13. The highest BCUT2D eigenvalue weighted by Crippen LogP contribution is 2.25. The number of piperazine rings is 1. The van der Waals surface area contributed by atoms with E-state index in [1.54, 1.807) is 0 Å². The van der Waals surface area contributed by atoms with Crippen LogP contribution in [-0.2, 0) is 17.6 Å². The smallest absolute Gasteiger partial charge is 0.260 e. The van der Waals surface area contributed by atoms with E-state index in [9.17, 15) is 4.79 Å². The summed E-state index contributed by atoms with van der Waals surface area (Å²) in [6.07, 6.45) is 4.82. The molecule has 1 fully saturated rings. The Kier molecular flexibility index (Phi) is 5.09. The summed E-state index contributed by atoms with van der Waals surface area (Å²) in [5.74, 6) is 0.900. The van der Waals surface area contributed by atoms with Gasteiger partial charge in [0.15, 0.2) is 6.61 Å². The van der Waals surface area contributed by atoms with Gasteiger partial charge in [-0.3, -0.25) is 4.79 Å². The van der Waals surface area contributed by atoms with Gasteiger partial charge >= 0.3 is 0 Å². The van der Waals surface area contributed by atoms with Crippen LogP contribution < -0.4 is 9.64 Å². The van der Waals surface area contributed by atoms with Crippen LogP contribution in [0.2, 0.25) is 0 Å². The number of aryl methyl sites for hydroxylation is 2. The lowest BCUT2D eigenvalue weighted by Gasteiger charge is -2.36. The topological polar surface area (TPSA) is 32.8 Å². The molecule has 2 aromatic rings. The van der Waals surface area contributed by atoms with E-state index in [1.807, 2.05) is 17.0 Å². The van der Waals surface area contributed by atoms with Crippen LogP contribution in [0, 0.1) is 0 Å². The van der Waals surface area contributed by atoms with Crippen LogP contribution in [0.5, 0.6) is 5.75 Å². The number of hydrogen-bond donors (Lipinski definition) is 0. The highest BCUT2D eigenvalue weighted by atomic mass is 16.5. The van der Waals surface area contributed by atoms with Crippen LogP contribution >= 0.6 is 0 Å². The molecule has 0 saturated carbocycles. The molecule has 136 valence electrons. The second-order valence-electron chi connectivity index (χ2n) is 7.13. The maximum absolute atomic E-state index is 12.5. The lowest BCUT2D eigenvalue weighted by Crippen LogP contribution is -2.50. The monoisotopic (exact) mass is 350 g/mol. The number of hydrogen-bond acceptors (Lipinski definition) is 3. The molecule has 0 radical (unpaired) electrons. The number of nitrogens with zero attached hydrogens (tertiary/aromatic N) is 2. The molecule has 1 amide bonds. The van der Waals surface area contributed by atoms with Gasteiger partial charge in [0.05, 0.1) is 0 Å². The van der Waals surface area contributed by atoms with E-state index >= 15 is 0 Å². The molecule has 2 aromatic carbocycles. The van der Waals surface area contributed by atoms with Gasteiger partial charge in [-0.15, -0.1) is 0 Å². The fourth-order valence-corrected chi connectivity index (χ4v) is 3.89. The zero-order chi connectivity index (χ0) is 17.8. The van der Waals surface area contributed by atoms with E-state index in [4.69, 9.17) is 4.74 Å². The Morgan fingerprint density at radius 1 is 0.885 bits per heavy atom. The normalized spacial score (nSPS) is 16.9. The fraction of sp³-hybridized carbons (Fsp3) is 0.409. The van der Waals surface area contributed by atoms with Crippen molar-refractivity contribution in [1.82, 2.24) is 4.90 Å². The Morgan fingerprint density at radius 2 is 1.62 bits per heavy atom. The largest absolute Gasteiger partial charge is 0.484 e. The Bertz CT molecular complexity index is 752. The van der Waals surface area contributed by atoms with Gasteiger partial charge in [0, 0.05) is 31.9 Å². The van der Waals surface area contributed by atoms with Crippen LogP contribution in [0.1, 0.15) is 24.0 Å². The van der Waals surface area contributed by atoms with Gasteiger partial charge < -0.3 is 14.5 Å². The third-order valence-electron chi connectivity index (χ3n) is 5.44. The summed E-state index contributed by atoms with van der Waals surface area (Å²) < 4.78 is 5.79. The zero-order valence-corrected chi connectivity index (χ0v) is 15.2. The van der Waals surface area contributed by atoms with Crippen LogP contribution in [-0.4, -0.2) is 43.6 Å². The van der Waals surface area contributed by atoms with Crippen molar-refractivity contribution < 1.29 is 9.53 Å². The molecule has 0 aromatic heterocycles. The van der Waals surface area contributed by atoms with E-state index in [-0.39, 0.29) is 12.5 Å². The van der Waals surface area contributed by atoms with E-state index in [1.165, 1.54) is 36.1 Å². The number of carbonyl (C=O) groups is 1. The van der Waals surface area contributed by atoms with E-state index < -0.39 is 0 Å². The maximum Gasteiger partial charge on any atom is 0.260 e. The van der Waals surface area contributed by atoms with Crippen LogP contribution in [0.25, 0.3) is 0 Å². The van der Waals surface area contributed by atoms with Gasteiger partial charge in [-0.2, -0.15) is 0 Å². The van der Waals surface area contributed by atoms with Crippen molar-refractivity contribution in [1.29, 1.82) is 0 Å². The Labute approximate surface area is 155 Å². The molecule has 1 saturated heterocycles. The number of benzene rings is 2. The standard InChI is InChI=1S/C22H26N2O2/c25-22(17-26-21-11-10-18-6-4-5-7-19(18)16-21)24-14-12-23(13-15-24)20-8-2-1-3-9-20/h1-3,8-11,16H,4-7,12-15,17H2. The summed E-state index contributed by atoms with van der Waals surface area (Å²) in [6.45, 7) is 3.37. The minimum absolute atomic E-state index is 0.0791. The molecular formula is C22H26N2O2. The molecule has 1 aliphatic heterocycles. The molecule has 4 nitrogen and oxygen atoms in total. The number of rotatable bonds is 4. The van der Waals surface area contributed by atoms with Crippen LogP contribution in [0.3, 0.4) is 0 Å². The van der Waals surface area contributed by atoms with Crippen molar-refractivity contribution in [2.24, 2.45) is 0 Å². The van der Waals surface area contributed by atoms with Crippen molar-refractivity contribution in [3.8, 4) is 5.75 Å². The SMILES string of the molecule is O=C(COc1ccc2c(c1)CCCC2)N1CCN(c2ccccc2)CC1. The fourth-order valence-electron chi connectivity index (χ4n) is 3.89. The molecule has 4 rings (SSSR count). The Hall–Kier alpha value is -2.49. The van der Waals surface area contributed by atoms with Crippen molar-refractivity contribution in [2.45, 2.75) is 25.7 Å². The first-order valence-electron chi connectivity index (χ1n) is 9.62. The average Bonchev–Trinajstić information content (AvgIpc) is 2.72. The lowest BCUT2D eigenvalue weighted by atomic mass is 9.92. The summed E-state index contributed by atoms with van der Waals surface area (Å²) in [7, 11) is 0. The molecule has 1 heterocycles. The number of fused-ring (bicyclic) bond motifs is 1. The first kappa shape index (κ1) is 17.0. The van der Waals surface area contributed by atoms with E-state index in [0.29, 0.717) is 0 Å². The van der Waals surface area contributed by atoms with Crippen molar-refractivity contribution >= 4 is 11.6 Å². The van der Waals surface area contributed by atoms with Crippen LogP contribution in [0.4, 0.5) is 5.69 Å². The molecule has 0 bridgehead atoms. The first-order chi connectivity index (χ1) is 12.8. The van der Waals surface area contributed by atoms with Gasteiger partial charge in [0.25, 0.3) is 5.91 Å². The Balaban J connectivity index is 1.28. The Morgan fingerprint density at radius 3 is 2.38 bits per heavy atom. The quantitative estimate of drug-likeness (QED) is 0.848. The van der Waals surface area contributed by atoms with Gasteiger partial charge in [0.1, 0.15) is 5.75 Å². The molecule has 4 heteroatoms. The van der Waals surface area contributed by atoms with Crippen LogP contribution in [0.15, 0.2) is 48.5 Å². The summed E-state index contributed by atoms with van der Waals surface area (Å²) in [6, 6.07) is 16.7. The zero-order valence-electron chi connectivity index (χ0n) is 15.2. The van der Waals surface area contributed by atoms with Crippen molar-refractivity contribution in [2.75, 3.05) is 37.7 Å². The summed E-state index contributed by atoms with van der Waals surface area (Å²) in [5.41, 5.74) is 4.05. The minimum atomic E-state index is 0.0791. The molecule has 0 atom stereocenters. The number of carbonyl (C=O) groups excluding carboxylic acids is 1. The molecule has 2 aliphatic rings. The molecule has 0 N–H and O–H groups in total. The maximum atomic E-state index is 12.5. The van der Waals surface area contributed by atoms with Crippen molar-refractivity contribution in [3.63, 3.8) is 0 Å². The number of amides is 1. The minimum Gasteiger partial charge on any atom is -0.484 e. The number of anilines is 1. The third-order valence-corrected chi connectivity index (χ3v) is 5.44. The van der Waals surface area contributed by atoms with E-state index in [0.717, 1.165) is 38.3 Å². The molecule has 0 spiro atoms. The number of para-hydroxylation sites is 1. The summed E-state index contributed by atoms with van der Waals surface area (Å²) >= 11 is 0. The molecule has 0 unspecified atom stereocenters. The van der Waals surface area contributed by atoms with Gasteiger partial charge in [0.2, 0.25) is 0 Å². The van der Waals surface area contributed by atoms with Gasteiger partial charge in [-0.05, 0) is 61.1 Å².